The Morgan fingerprint density at radius 1 is 1.03 bits per heavy atom. The van der Waals surface area contributed by atoms with Crippen LogP contribution in [-0.4, -0.2) is 29.3 Å². The maximum Gasteiger partial charge on any atom is 0.335 e. The lowest BCUT2D eigenvalue weighted by molar-refractivity contribution is 0.0696. The van der Waals surface area contributed by atoms with Crippen LogP contribution in [0.4, 0.5) is 0 Å². The van der Waals surface area contributed by atoms with Crippen LogP contribution in [0.25, 0.3) is 11.1 Å². The van der Waals surface area contributed by atoms with Gasteiger partial charge in [0, 0.05) is 11.6 Å². The summed E-state index contributed by atoms with van der Waals surface area (Å²) in [5.41, 5.74) is 6.38. The molecular weight excluding hydrogens is 433 g/mol. The number of nitrogens with one attached hydrogen (secondary N) is 1. The minimum absolute atomic E-state index is 0. The van der Waals surface area contributed by atoms with E-state index < -0.39 is 12.1 Å². The van der Waals surface area contributed by atoms with Crippen molar-refractivity contribution >= 4 is 30.0 Å². The largest absolute Gasteiger partial charge is 0.478 e. The second-order valence-corrected chi connectivity index (χ2v) is 7.95. The van der Waals surface area contributed by atoms with Crippen LogP contribution in [0.15, 0.2) is 60.7 Å². The molecule has 0 radical (unpaired) electrons. The van der Waals surface area contributed by atoms with Gasteiger partial charge in [0.05, 0.1) is 11.7 Å². The average molecular weight is 460 g/mol. The van der Waals surface area contributed by atoms with Crippen molar-refractivity contribution in [1.29, 1.82) is 0 Å². The molecule has 6 heteroatoms. The van der Waals surface area contributed by atoms with Gasteiger partial charge in [0.25, 0.3) is 0 Å². The van der Waals surface area contributed by atoms with Gasteiger partial charge in [-0.3, -0.25) is 0 Å². The first-order valence-electron chi connectivity index (χ1n) is 9.93. The Balaban J connectivity index is 0.00000341. The third kappa shape index (κ3) is 6.55. The quantitative estimate of drug-likeness (QED) is 0.382. The summed E-state index contributed by atoms with van der Waals surface area (Å²) in [5.74, 6) is -0.906. The standard InChI is InChI=1S/C25H26ClNO3.ClH/c1-16-12-21(25(29)30)13-17(2)24(16)19-8-6-18(7-9-19)10-11-27-15-23(28)20-4-3-5-22(26)14-20;/h3-9,12-14,23,27-28H,10-11,15H2,1-2H3,(H,29,30);1H/t23-;/m0./s1. The molecule has 0 aromatic heterocycles. The summed E-state index contributed by atoms with van der Waals surface area (Å²) in [6, 6.07) is 19.0. The second-order valence-electron chi connectivity index (χ2n) is 7.51. The van der Waals surface area contributed by atoms with Crippen LogP contribution in [-0.2, 0) is 6.42 Å². The first-order chi connectivity index (χ1) is 14.3. The smallest absolute Gasteiger partial charge is 0.335 e. The monoisotopic (exact) mass is 459 g/mol. The number of aliphatic hydroxyl groups is 1. The first-order valence-corrected chi connectivity index (χ1v) is 10.3. The zero-order valence-electron chi connectivity index (χ0n) is 17.6. The molecule has 3 aromatic rings. The zero-order valence-corrected chi connectivity index (χ0v) is 19.1. The van der Waals surface area contributed by atoms with E-state index >= 15 is 0 Å². The Hall–Kier alpha value is -2.37. The molecule has 0 unspecified atom stereocenters. The molecule has 164 valence electrons. The van der Waals surface area contributed by atoms with Crippen LogP contribution in [0.1, 0.15) is 38.7 Å². The molecule has 1 atom stereocenters. The van der Waals surface area contributed by atoms with Crippen molar-refractivity contribution in [3.05, 3.63) is 93.5 Å². The molecule has 31 heavy (non-hydrogen) atoms. The molecule has 0 bridgehead atoms. The summed E-state index contributed by atoms with van der Waals surface area (Å²) in [5, 5.41) is 23.4. The summed E-state index contributed by atoms with van der Waals surface area (Å²) < 4.78 is 0. The minimum atomic E-state index is -0.906. The predicted octanol–water partition coefficient (Wildman–Crippen LogP) is 5.61. The van der Waals surface area contributed by atoms with Crippen LogP contribution >= 0.6 is 24.0 Å². The van der Waals surface area contributed by atoms with E-state index in [1.807, 2.05) is 26.0 Å². The van der Waals surface area contributed by atoms with E-state index in [0.29, 0.717) is 17.1 Å². The van der Waals surface area contributed by atoms with Crippen LogP contribution in [0.5, 0.6) is 0 Å². The van der Waals surface area contributed by atoms with Gasteiger partial charge < -0.3 is 15.5 Å². The highest BCUT2D eigenvalue weighted by Gasteiger charge is 2.11. The van der Waals surface area contributed by atoms with Crippen LogP contribution < -0.4 is 5.32 Å². The number of halogens is 2. The summed E-state index contributed by atoms with van der Waals surface area (Å²) in [4.78, 5) is 11.2. The first kappa shape index (κ1) is 24.9. The van der Waals surface area contributed by atoms with Crippen molar-refractivity contribution in [1.82, 2.24) is 5.32 Å². The van der Waals surface area contributed by atoms with E-state index in [1.165, 1.54) is 5.56 Å². The lowest BCUT2D eigenvalue weighted by Gasteiger charge is -2.14. The molecule has 0 saturated carbocycles. The molecular formula is C25H27Cl2NO3. The third-order valence-electron chi connectivity index (χ3n) is 5.18. The van der Waals surface area contributed by atoms with E-state index in [4.69, 9.17) is 11.6 Å². The number of rotatable bonds is 8. The summed E-state index contributed by atoms with van der Waals surface area (Å²) in [7, 11) is 0. The van der Waals surface area contributed by atoms with Crippen molar-refractivity contribution in [2.24, 2.45) is 0 Å². The Bertz CT molecular complexity index is 1010. The summed E-state index contributed by atoms with van der Waals surface area (Å²) >= 11 is 5.97. The molecule has 3 aromatic carbocycles. The number of hydrogen-bond donors (Lipinski definition) is 3. The van der Waals surface area contributed by atoms with Gasteiger partial charge in [0.15, 0.2) is 0 Å². The fourth-order valence-electron chi connectivity index (χ4n) is 3.68. The van der Waals surface area contributed by atoms with Gasteiger partial charge in [-0.1, -0.05) is 48.0 Å². The highest BCUT2D eigenvalue weighted by Crippen LogP contribution is 2.29. The molecule has 0 amide bonds. The molecule has 0 aliphatic heterocycles. The summed E-state index contributed by atoms with van der Waals surface area (Å²) in [6.07, 6.45) is 0.254. The maximum absolute atomic E-state index is 11.2. The highest BCUT2D eigenvalue weighted by atomic mass is 35.5. The van der Waals surface area contributed by atoms with Crippen LogP contribution in [0, 0.1) is 13.8 Å². The van der Waals surface area contributed by atoms with E-state index in [1.54, 1.807) is 24.3 Å². The van der Waals surface area contributed by atoms with Gasteiger partial charge >= 0.3 is 5.97 Å². The number of aliphatic hydroxyl groups excluding tert-OH is 1. The Labute approximate surface area is 194 Å². The molecule has 0 fully saturated rings. The number of carboxylic acid groups (broad SMARTS) is 1. The Morgan fingerprint density at radius 2 is 1.68 bits per heavy atom. The molecule has 0 heterocycles. The lowest BCUT2D eigenvalue weighted by atomic mass is 9.93. The van der Waals surface area contributed by atoms with Crippen molar-refractivity contribution < 1.29 is 15.0 Å². The van der Waals surface area contributed by atoms with Crippen LogP contribution in [0.2, 0.25) is 5.02 Å². The van der Waals surface area contributed by atoms with Gasteiger partial charge in [-0.15, -0.1) is 12.4 Å². The SMILES string of the molecule is Cc1cc(C(=O)O)cc(C)c1-c1ccc(CCNC[C@H](O)c2cccc(Cl)c2)cc1.Cl. The number of carbonyl (C=O) groups is 1. The minimum Gasteiger partial charge on any atom is -0.478 e. The summed E-state index contributed by atoms with van der Waals surface area (Å²) in [6.45, 7) is 5.10. The van der Waals surface area contributed by atoms with E-state index in [0.717, 1.165) is 40.8 Å². The lowest BCUT2D eigenvalue weighted by Crippen LogP contribution is -2.23. The molecule has 3 N–H and O–H groups in total. The Kier molecular flexibility index (Phi) is 9.08. The number of benzene rings is 3. The molecule has 4 nitrogen and oxygen atoms in total. The van der Waals surface area contributed by atoms with Crippen molar-refractivity contribution in [2.75, 3.05) is 13.1 Å². The van der Waals surface area contributed by atoms with Gasteiger partial charge in [-0.2, -0.15) is 0 Å². The maximum atomic E-state index is 11.2. The number of aromatic carboxylic acids is 1. The van der Waals surface area contributed by atoms with Crippen molar-refractivity contribution in [3.63, 3.8) is 0 Å². The normalized spacial score (nSPS) is 11.6. The van der Waals surface area contributed by atoms with Crippen LogP contribution in [0.3, 0.4) is 0 Å². The number of aryl methyl sites for hydroxylation is 2. The van der Waals surface area contributed by atoms with Gasteiger partial charge in [-0.25, -0.2) is 4.79 Å². The average Bonchev–Trinajstić information content (AvgIpc) is 2.71. The number of carboxylic acids is 1. The predicted molar refractivity (Wildman–Crippen MR) is 129 cm³/mol. The molecule has 0 aliphatic rings. The molecule has 0 aliphatic carbocycles. The third-order valence-corrected chi connectivity index (χ3v) is 5.42. The fraction of sp³-hybridized carbons (Fsp3) is 0.240. The zero-order chi connectivity index (χ0) is 21.7. The fourth-order valence-corrected chi connectivity index (χ4v) is 3.88. The van der Waals surface area contributed by atoms with E-state index in [9.17, 15) is 15.0 Å². The van der Waals surface area contributed by atoms with Gasteiger partial charge in [0.1, 0.15) is 0 Å². The van der Waals surface area contributed by atoms with Gasteiger partial charge in [-0.05, 0) is 84.5 Å². The second kappa shape index (κ2) is 11.3. The topological polar surface area (TPSA) is 69.6 Å². The molecule has 0 saturated heterocycles. The number of hydrogen-bond acceptors (Lipinski definition) is 3. The molecule has 0 spiro atoms. The highest BCUT2D eigenvalue weighted by molar-refractivity contribution is 6.30. The van der Waals surface area contributed by atoms with E-state index in [2.05, 4.69) is 29.6 Å². The molecule has 3 rings (SSSR count). The van der Waals surface area contributed by atoms with E-state index in [-0.39, 0.29) is 12.4 Å². The van der Waals surface area contributed by atoms with Crippen molar-refractivity contribution in [2.45, 2.75) is 26.4 Å². The Morgan fingerprint density at radius 3 is 2.26 bits per heavy atom. The van der Waals surface area contributed by atoms with Gasteiger partial charge in [0.2, 0.25) is 0 Å². The van der Waals surface area contributed by atoms with Crippen molar-refractivity contribution in [3.8, 4) is 11.1 Å².